The molecule has 2 aromatic rings. The summed E-state index contributed by atoms with van der Waals surface area (Å²) in [5, 5.41) is 0. The Morgan fingerprint density at radius 3 is 2.53 bits per heavy atom. The van der Waals surface area contributed by atoms with Crippen molar-refractivity contribution in [2.75, 3.05) is 5.73 Å². The first-order valence-electron chi connectivity index (χ1n) is 6.15. The first-order valence-corrected chi connectivity index (χ1v) is 6.15. The molecule has 0 bridgehead atoms. The standard InChI is InChI=1S/C16H17N3/c17-10-6-2-5-9-15-11-14(12-16(18)19-15)13-7-3-1-4-8-13/h1-8,10-12H,9,17H2,(H2,18,19)/b5-2-,10-6-. The molecule has 0 saturated carbocycles. The molecule has 0 fully saturated rings. The molecule has 0 spiro atoms. The fraction of sp³-hybridized carbons (Fsp3) is 0.0625. The molecule has 1 aromatic heterocycles. The zero-order valence-corrected chi connectivity index (χ0v) is 10.7. The quantitative estimate of drug-likeness (QED) is 0.821. The number of pyridine rings is 1. The van der Waals surface area contributed by atoms with Gasteiger partial charge in [-0.2, -0.15) is 0 Å². The number of anilines is 1. The minimum Gasteiger partial charge on any atom is -0.405 e. The van der Waals surface area contributed by atoms with E-state index in [1.807, 2.05) is 36.4 Å². The molecule has 19 heavy (non-hydrogen) atoms. The Hall–Kier alpha value is -2.55. The molecule has 1 aromatic carbocycles. The van der Waals surface area contributed by atoms with Crippen LogP contribution in [0.5, 0.6) is 0 Å². The van der Waals surface area contributed by atoms with Crippen LogP contribution in [0.3, 0.4) is 0 Å². The average molecular weight is 251 g/mol. The van der Waals surface area contributed by atoms with Gasteiger partial charge in [0.2, 0.25) is 0 Å². The van der Waals surface area contributed by atoms with Crippen molar-refractivity contribution in [3.05, 3.63) is 72.6 Å². The van der Waals surface area contributed by atoms with Gasteiger partial charge in [0.1, 0.15) is 5.82 Å². The maximum absolute atomic E-state index is 5.86. The molecule has 4 N–H and O–H groups in total. The van der Waals surface area contributed by atoms with E-state index in [4.69, 9.17) is 11.5 Å². The topological polar surface area (TPSA) is 64.9 Å². The van der Waals surface area contributed by atoms with Gasteiger partial charge < -0.3 is 11.5 Å². The Kier molecular flexibility index (Phi) is 4.34. The van der Waals surface area contributed by atoms with Gasteiger partial charge in [0.15, 0.2) is 0 Å². The highest BCUT2D eigenvalue weighted by atomic mass is 14.8. The number of hydrogen-bond donors (Lipinski definition) is 2. The van der Waals surface area contributed by atoms with Crippen LogP contribution >= 0.6 is 0 Å². The van der Waals surface area contributed by atoms with Crippen molar-refractivity contribution in [3.8, 4) is 11.1 Å². The molecule has 0 atom stereocenters. The molecule has 0 aliphatic heterocycles. The van der Waals surface area contributed by atoms with Crippen molar-refractivity contribution in [2.45, 2.75) is 6.42 Å². The Morgan fingerprint density at radius 2 is 1.79 bits per heavy atom. The maximum Gasteiger partial charge on any atom is 0.124 e. The molecule has 3 heteroatoms. The molecule has 2 rings (SSSR count). The number of rotatable bonds is 4. The van der Waals surface area contributed by atoms with Crippen LogP contribution in [0, 0.1) is 0 Å². The summed E-state index contributed by atoms with van der Waals surface area (Å²) < 4.78 is 0. The highest BCUT2D eigenvalue weighted by Gasteiger charge is 2.01. The summed E-state index contributed by atoms with van der Waals surface area (Å²) in [5.74, 6) is 0.541. The zero-order chi connectivity index (χ0) is 13.5. The molecule has 0 aliphatic rings. The van der Waals surface area contributed by atoms with Crippen LogP contribution in [0.15, 0.2) is 66.9 Å². The van der Waals surface area contributed by atoms with E-state index in [1.165, 1.54) is 6.20 Å². The van der Waals surface area contributed by atoms with Crippen LogP contribution in [0.2, 0.25) is 0 Å². The highest BCUT2D eigenvalue weighted by molar-refractivity contribution is 5.66. The number of nitrogen functional groups attached to an aromatic ring is 1. The molecule has 3 nitrogen and oxygen atoms in total. The van der Waals surface area contributed by atoms with Crippen molar-refractivity contribution >= 4 is 5.82 Å². The van der Waals surface area contributed by atoms with Crippen molar-refractivity contribution in [2.24, 2.45) is 5.73 Å². The second-order valence-electron chi connectivity index (χ2n) is 4.16. The van der Waals surface area contributed by atoms with E-state index in [0.717, 1.165) is 23.2 Å². The summed E-state index contributed by atoms with van der Waals surface area (Å²) in [6.45, 7) is 0. The zero-order valence-electron chi connectivity index (χ0n) is 10.7. The van der Waals surface area contributed by atoms with Gasteiger partial charge in [-0.3, -0.25) is 0 Å². The highest BCUT2D eigenvalue weighted by Crippen LogP contribution is 2.21. The first-order chi connectivity index (χ1) is 9.29. The minimum atomic E-state index is 0.541. The number of benzene rings is 1. The smallest absolute Gasteiger partial charge is 0.124 e. The van der Waals surface area contributed by atoms with Crippen LogP contribution in [0.1, 0.15) is 5.69 Å². The normalized spacial score (nSPS) is 11.4. The van der Waals surface area contributed by atoms with Gasteiger partial charge in [-0.15, -0.1) is 0 Å². The van der Waals surface area contributed by atoms with E-state index >= 15 is 0 Å². The summed E-state index contributed by atoms with van der Waals surface area (Å²) in [4.78, 5) is 4.33. The average Bonchev–Trinajstić information content (AvgIpc) is 2.44. The van der Waals surface area contributed by atoms with Crippen molar-refractivity contribution in [1.82, 2.24) is 4.98 Å². The van der Waals surface area contributed by atoms with E-state index in [2.05, 4.69) is 23.2 Å². The molecular weight excluding hydrogens is 234 g/mol. The van der Waals surface area contributed by atoms with Gasteiger partial charge in [0.25, 0.3) is 0 Å². The fourth-order valence-electron chi connectivity index (χ4n) is 1.84. The van der Waals surface area contributed by atoms with Gasteiger partial charge in [0, 0.05) is 12.1 Å². The van der Waals surface area contributed by atoms with Gasteiger partial charge in [-0.05, 0) is 35.5 Å². The fourth-order valence-corrected chi connectivity index (χ4v) is 1.84. The minimum absolute atomic E-state index is 0.541. The van der Waals surface area contributed by atoms with Gasteiger partial charge in [-0.1, -0.05) is 42.5 Å². The lowest BCUT2D eigenvalue weighted by atomic mass is 10.1. The van der Waals surface area contributed by atoms with Gasteiger partial charge in [0.05, 0.1) is 0 Å². The lowest BCUT2D eigenvalue weighted by molar-refractivity contribution is 1.12. The van der Waals surface area contributed by atoms with Crippen LogP contribution in [0.4, 0.5) is 5.82 Å². The molecule has 0 radical (unpaired) electrons. The molecule has 0 amide bonds. The number of aromatic nitrogens is 1. The summed E-state index contributed by atoms with van der Waals surface area (Å²) >= 11 is 0. The van der Waals surface area contributed by atoms with E-state index in [0.29, 0.717) is 5.82 Å². The Morgan fingerprint density at radius 1 is 1.00 bits per heavy atom. The van der Waals surface area contributed by atoms with Crippen LogP contribution < -0.4 is 11.5 Å². The molecular formula is C16H17N3. The van der Waals surface area contributed by atoms with Crippen molar-refractivity contribution in [1.29, 1.82) is 0 Å². The Labute approximate surface area is 113 Å². The monoisotopic (exact) mass is 251 g/mol. The third kappa shape index (κ3) is 3.71. The number of nitrogens with zero attached hydrogens (tertiary/aromatic N) is 1. The van der Waals surface area contributed by atoms with Crippen molar-refractivity contribution < 1.29 is 0 Å². The summed E-state index contributed by atoms with van der Waals surface area (Å²) in [5.41, 5.74) is 14.3. The second-order valence-corrected chi connectivity index (χ2v) is 4.16. The predicted molar refractivity (Wildman–Crippen MR) is 80.3 cm³/mol. The van der Waals surface area contributed by atoms with Gasteiger partial charge in [-0.25, -0.2) is 4.98 Å². The third-order valence-electron chi connectivity index (χ3n) is 2.69. The SMILES string of the molecule is N/C=C\C=C/Cc1cc(-c2ccccc2)cc(N)n1. The predicted octanol–water partition coefficient (Wildman–Crippen LogP) is 2.90. The lowest BCUT2D eigenvalue weighted by Crippen LogP contribution is -1.96. The Balaban J connectivity index is 2.25. The van der Waals surface area contributed by atoms with Crippen molar-refractivity contribution in [3.63, 3.8) is 0 Å². The van der Waals surface area contributed by atoms with Crippen LogP contribution in [0.25, 0.3) is 11.1 Å². The van der Waals surface area contributed by atoms with E-state index in [9.17, 15) is 0 Å². The van der Waals surface area contributed by atoms with E-state index < -0.39 is 0 Å². The Bertz CT molecular complexity index is 586. The van der Waals surface area contributed by atoms with Gasteiger partial charge >= 0.3 is 0 Å². The molecule has 96 valence electrons. The largest absolute Gasteiger partial charge is 0.405 e. The lowest BCUT2D eigenvalue weighted by Gasteiger charge is -2.05. The molecule has 0 aliphatic carbocycles. The number of hydrogen-bond acceptors (Lipinski definition) is 3. The molecule has 1 heterocycles. The number of nitrogens with two attached hydrogens (primary N) is 2. The molecule has 0 unspecified atom stereocenters. The van der Waals surface area contributed by atoms with Crippen LogP contribution in [-0.4, -0.2) is 4.98 Å². The second kappa shape index (κ2) is 6.40. The third-order valence-corrected chi connectivity index (χ3v) is 2.69. The maximum atomic E-state index is 5.86. The van der Waals surface area contributed by atoms with E-state index in [-0.39, 0.29) is 0 Å². The summed E-state index contributed by atoms with van der Waals surface area (Å²) in [6, 6.07) is 14.1. The first kappa shape index (κ1) is 12.9. The van der Waals surface area contributed by atoms with E-state index in [1.54, 1.807) is 6.08 Å². The summed E-state index contributed by atoms with van der Waals surface area (Å²) in [6.07, 6.45) is 7.91. The number of allylic oxidation sites excluding steroid dienone is 3. The van der Waals surface area contributed by atoms with Crippen LogP contribution in [-0.2, 0) is 6.42 Å². The molecule has 0 saturated heterocycles. The summed E-state index contributed by atoms with van der Waals surface area (Å²) in [7, 11) is 0.